The summed E-state index contributed by atoms with van der Waals surface area (Å²) in [6.07, 6.45) is 0. The second-order valence-corrected chi connectivity index (χ2v) is 6.46. The molecule has 0 bridgehead atoms. The summed E-state index contributed by atoms with van der Waals surface area (Å²) in [5.41, 5.74) is 0.808. The summed E-state index contributed by atoms with van der Waals surface area (Å²) in [6, 6.07) is 16.4. The van der Waals surface area contributed by atoms with E-state index in [9.17, 15) is 14.4 Å². The number of amides is 2. The Bertz CT molecular complexity index is 1180. The summed E-state index contributed by atoms with van der Waals surface area (Å²) in [6.45, 7) is 0. The molecule has 0 unspecified atom stereocenters. The monoisotopic (exact) mass is 387 g/mol. The van der Waals surface area contributed by atoms with Gasteiger partial charge in [-0.3, -0.25) is 9.59 Å². The van der Waals surface area contributed by atoms with Gasteiger partial charge in [-0.25, -0.2) is 9.69 Å². The zero-order valence-corrected chi connectivity index (χ0v) is 15.2. The van der Waals surface area contributed by atoms with E-state index in [4.69, 9.17) is 14.2 Å². The van der Waals surface area contributed by atoms with Crippen LogP contribution in [-0.4, -0.2) is 24.9 Å². The van der Waals surface area contributed by atoms with Crippen LogP contribution in [0, 0.1) is 0 Å². The van der Waals surface area contributed by atoms with Crippen LogP contribution in [0.1, 0.15) is 31.1 Å². The number of hydrogen-bond acceptors (Lipinski definition) is 6. The number of rotatable bonds is 2. The standard InChI is InChI=1S/C22H13NO6/c1-27-22(26)12-10-15(23-20(24)13-6-2-3-7-14(13)21(23)25)19-18(11-12)28-16-8-4-5-9-17(16)29-19/h2-11H,1H3. The number of carbonyl (C=O) groups excluding carboxylic acids is 3. The minimum absolute atomic E-state index is 0.114. The highest BCUT2D eigenvalue weighted by Gasteiger charge is 2.40. The fraction of sp³-hybridized carbons (Fsp3) is 0.0455. The fourth-order valence-corrected chi connectivity index (χ4v) is 3.42. The average Bonchev–Trinajstić information content (AvgIpc) is 3.01. The van der Waals surface area contributed by atoms with Gasteiger partial charge in [0, 0.05) is 0 Å². The molecule has 2 heterocycles. The SMILES string of the molecule is COC(=O)c1cc2c(c(N3C(=O)c4ccccc4C3=O)c1)Oc1ccccc1O2. The van der Waals surface area contributed by atoms with E-state index in [2.05, 4.69) is 0 Å². The summed E-state index contributed by atoms with van der Waals surface area (Å²) in [5, 5.41) is 0. The lowest BCUT2D eigenvalue weighted by Gasteiger charge is -2.26. The Morgan fingerprint density at radius 1 is 0.828 bits per heavy atom. The van der Waals surface area contributed by atoms with Crippen LogP contribution in [0.5, 0.6) is 23.0 Å². The molecule has 29 heavy (non-hydrogen) atoms. The van der Waals surface area contributed by atoms with Gasteiger partial charge in [0.2, 0.25) is 0 Å². The summed E-state index contributed by atoms with van der Waals surface area (Å²) < 4.78 is 16.6. The Morgan fingerprint density at radius 3 is 2.03 bits per heavy atom. The summed E-state index contributed by atoms with van der Waals surface area (Å²) in [7, 11) is 1.25. The van der Waals surface area contributed by atoms with E-state index < -0.39 is 17.8 Å². The van der Waals surface area contributed by atoms with Crippen molar-refractivity contribution in [1.29, 1.82) is 0 Å². The van der Waals surface area contributed by atoms with Crippen molar-refractivity contribution in [2.45, 2.75) is 0 Å². The number of esters is 1. The molecule has 2 amide bonds. The minimum atomic E-state index is -0.631. The quantitative estimate of drug-likeness (QED) is 0.379. The van der Waals surface area contributed by atoms with Gasteiger partial charge in [0.1, 0.15) is 0 Å². The van der Waals surface area contributed by atoms with Crippen LogP contribution in [0.3, 0.4) is 0 Å². The van der Waals surface area contributed by atoms with Crippen molar-refractivity contribution in [2.75, 3.05) is 12.0 Å². The van der Waals surface area contributed by atoms with Gasteiger partial charge in [-0.1, -0.05) is 24.3 Å². The maximum atomic E-state index is 13.0. The number of nitrogens with zero attached hydrogens (tertiary/aromatic N) is 1. The zero-order valence-electron chi connectivity index (χ0n) is 15.2. The molecule has 5 rings (SSSR count). The van der Waals surface area contributed by atoms with E-state index in [0.29, 0.717) is 11.5 Å². The van der Waals surface area contributed by atoms with Crippen LogP contribution >= 0.6 is 0 Å². The van der Waals surface area contributed by atoms with E-state index in [1.165, 1.54) is 19.2 Å². The number of para-hydroxylation sites is 2. The third-order valence-corrected chi connectivity index (χ3v) is 4.77. The van der Waals surface area contributed by atoms with Gasteiger partial charge in [-0.2, -0.15) is 0 Å². The third-order valence-electron chi connectivity index (χ3n) is 4.77. The molecular weight excluding hydrogens is 374 g/mol. The van der Waals surface area contributed by atoms with Crippen LogP contribution in [0.25, 0.3) is 0 Å². The first-order chi connectivity index (χ1) is 14.1. The van der Waals surface area contributed by atoms with E-state index in [-0.39, 0.29) is 33.9 Å². The molecule has 3 aromatic carbocycles. The molecule has 0 spiro atoms. The van der Waals surface area contributed by atoms with E-state index >= 15 is 0 Å². The molecule has 0 radical (unpaired) electrons. The van der Waals surface area contributed by atoms with Crippen molar-refractivity contribution in [2.24, 2.45) is 0 Å². The number of hydrogen-bond donors (Lipinski definition) is 0. The molecule has 3 aromatic rings. The molecule has 0 saturated carbocycles. The van der Waals surface area contributed by atoms with Crippen molar-refractivity contribution < 1.29 is 28.6 Å². The highest BCUT2D eigenvalue weighted by Crippen LogP contribution is 2.51. The predicted octanol–water partition coefficient (Wildman–Crippen LogP) is 4.17. The van der Waals surface area contributed by atoms with Crippen LogP contribution in [0.15, 0.2) is 60.7 Å². The number of carbonyl (C=O) groups is 3. The van der Waals surface area contributed by atoms with Gasteiger partial charge in [0.15, 0.2) is 23.0 Å². The molecular formula is C22H13NO6. The van der Waals surface area contributed by atoms with Crippen molar-refractivity contribution in [1.82, 2.24) is 0 Å². The minimum Gasteiger partial charge on any atom is -0.465 e. The molecule has 0 fully saturated rings. The molecule has 142 valence electrons. The molecule has 7 heteroatoms. The molecule has 0 atom stereocenters. The summed E-state index contributed by atoms with van der Waals surface area (Å²) >= 11 is 0. The van der Waals surface area contributed by atoms with Gasteiger partial charge < -0.3 is 14.2 Å². The second-order valence-electron chi connectivity index (χ2n) is 6.46. The lowest BCUT2D eigenvalue weighted by molar-refractivity contribution is 0.0599. The molecule has 2 aliphatic heterocycles. The highest BCUT2D eigenvalue weighted by molar-refractivity contribution is 6.35. The van der Waals surface area contributed by atoms with Gasteiger partial charge in [-0.15, -0.1) is 0 Å². The molecule has 0 aromatic heterocycles. The number of methoxy groups -OCH3 is 1. The number of benzene rings is 3. The lowest BCUT2D eigenvalue weighted by atomic mass is 10.1. The maximum absolute atomic E-state index is 13.0. The van der Waals surface area contributed by atoms with E-state index in [1.54, 1.807) is 48.5 Å². The second kappa shape index (κ2) is 6.20. The fourth-order valence-electron chi connectivity index (χ4n) is 3.42. The number of fused-ring (bicyclic) bond motifs is 3. The third kappa shape index (κ3) is 2.48. The van der Waals surface area contributed by atoms with E-state index in [0.717, 1.165) is 4.90 Å². The number of ether oxygens (including phenoxy) is 3. The van der Waals surface area contributed by atoms with Gasteiger partial charge in [-0.05, 0) is 36.4 Å². The van der Waals surface area contributed by atoms with Crippen molar-refractivity contribution in [3.05, 3.63) is 77.4 Å². The Labute approximate surface area is 165 Å². The molecule has 0 saturated heterocycles. The lowest BCUT2D eigenvalue weighted by Crippen LogP contribution is -2.30. The van der Waals surface area contributed by atoms with Crippen LogP contribution in [0.4, 0.5) is 5.69 Å². The van der Waals surface area contributed by atoms with Crippen molar-refractivity contribution >= 4 is 23.5 Å². The van der Waals surface area contributed by atoms with Crippen molar-refractivity contribution in [3.8, 4) is 23.0 Å². The molecule has 2 aliphatic rings. The predicted molar refractivity (Wildman–Crippen MR) is 102 cm³/mol. The first kappa shape index (κ1) is 17.0. The van der Waals surface area contributed by atoms with Crippen LogP contribution in [0.2, 0.25) is 0 Å². The Morgan fingerprint density at radius 2 is 1.41 bits per heavy atom. The summed E-state index contributed by atoms with van der Waals surface area (Å²) in [5.74, 6) is -0.370. The topological polar surface area (TPSA) is 82.1 Å². The summed E-state index contributed by atoms with van der Waals surface area (Å²) in [4.78, 5) is 39.1. The number of anilines is 1. The highest BCUT2D eigenvalue weighted by atomic mass is 16.6. The largest absolute Gasteiger partial charge is 0.465 e. The van der Waals surface area contributed by atoms with E-state index in [1.807, 2.05) is 0 Å². The van der Waals surface area contributed by atoms with Gasteiger partial charge in [0.05, 0.1) is 29.5 Å². The Hall–Kier alpha value is -4.13. The molecule has 7 nitrogen and oxygen atoms in total. The smallest absolute Gasteiger partial charge is 0.338 e. The van der Waals surface area contributed by atoms with Crippen LogP contribution in [-0.2, 0) is 4.74 Å². The first-order valence-electron chi connectivity index (χ1n) is 8.77. The Kier molecular flexibility index (Phi) is 3.64. The molecule has 0 N–H and O–H groups in total. The average molecular weight is 387 g/mol. The zero-order chi connectivity index (χ0) is 20.1. The normalized spacial score (nSPS) is 13.8. The first-order valence-corrected chi connectivity index (χ1v) is 8.77. The van der Waals surface area contributed by atoms with Crippen molar-refractivity contribution in [3.63, 3.8) is 0 Å². The maximum Gasteiger partial charge on any atom is 0.338 e. The van der Waals surface area contributed by atoms with Gasteiger partial charge in [0.25, 0.3) is 11.8 Å². The molecule has 0 aliphatic carbocycles. The van der Waals surface area contributed by atoms with Crippen LogP contribution < -0.4 is 14.4 Å². The van der Waals surface area contributed by atoms with Gasteiger partial charge >= 0.3 is 5.97 Å². The number of imide groups is 1. The Balaban J connectivity index is 1.70.